The Morgan fingerprint density at radius 2 is 0.944 bits per heavy atom. The number of rotatable bonds is 19. The fraction of sp³-hybridized carbons (Fsp3) is 0.636. The minimum atomic E-state index is -3.44. The molecule has 2 atom stereocenters. The topological polar surface area (TPSA) is 227 Å². The van der Waals surface area contributed by atoms with Crippen molar-refractivity contribution in [2.45, 2.75) is 63.7 Å². The second-order valence-electron chi connectivity index (χ2n) is 7.81. The summed E-state index contributed by atoms with van der Waals surface area (Å²) in [7, 11) is 0. The molecule has 0 aromatic rings. The zero-order chi connectivity index (χ0) is 28.1. The molecule has 0 bridgehead atoms. The number of carbonyl (C=O) groups excluding carboxylic acids is 4. The predicted molar refractivity (Wildman–Crippen MR) is 118 cm³/mol. The Balaban J connectivity index is 4.12. The van der Waals surface area contributed by atoms with E-state index in [0.29, 0.717) is 0 Å². The third kappa shape index (κ3) is 13.5. The van der Waals surface area contributed by atoms with Crippen molar-refractivity contribution < 1.29 is 68.8 Å². The fourth-order valence-electron chi connectivity index (χ4n) is 2.50. The number of ether oxygens (including phenoxy) is 4. The van der Waals surface area contributed by atoms with Crippen LogP contribution in [0, 0.1) is 0 Å². The van der Waals surface area contributed by atoms with E-state index in [-0.39, 0.29) is 50.0 Å². The van der Waals surface area contributed by atoms with Crippen molar-refractivity contribution in [3.63, 3.8) is 0 Å². The number of hydrogen-bond donors (Lipinski definition) is 6. The molecular weight excluding hydrogens is 488 g/mol. The largest absolute Gasteiger partial charge is 0.463 e. The number of unbranched alkanes of at least 4 members (excludes halogenated alkanes) is 1. The summed E-state index contributed by atoms with van der Waals surface area (Å²) in [6, 6.07) is 0. The quantitative estimate of drug-likeness (QED) is 0.0465. The van der Waals surface area contributed by atoms with E-state index in [1.54, 1.807) is 0 Å². The van der Waals surface area contributed by atoms with Gasteiger partial charge in [0.05, 0.1) is 13.2 Å². The summed E-state index contributed by atoms with van der Waals surface area (Å²) in [5.74, 6) is -10.1. The van der Waals surface area contributed by atoms with Crippen molar-refractivity contribution >= 4 is 23.5 Å². The first-order valence-corrected chi connectivity index (χ1v) is 10.8. The summed E-state index contributed by atoms with van der Waals surface area (Å²) in [5, 5.41) is 55.1. The lowest BCUT2D eigenvalue weighted by molar-refractivity contribution is -0.352. The molecule has 206 valence electrons. The van der Waals surface area contributed by atoms with Crippen molar-refractivity contribution in [3.05, 3.63) is 24.3 Å². The lowest BCUT2D eigenvalue weighted by Gasteiger charge is -2.24. The van der Waals surface area contributed by atoms with Gasteiger partial charge in [0.1, 0.15) is 13.2 Å². The van der Waals surface area contributed by atoms with Crippen LogP contribution in [0.3, 0.4) is 0 Å². The second kappa shape index (κ2) is 15.5. The normalized spacial score (nSPS) is 13.4. The molecule has 0 aliphatic carbocycles. The molecule has 36 heavy (non-hydrogen) atoms. The Kier molecular flexibility index (Phi) is 14.4. The molecule has 0 radical (unpaired) electrons. The Morgan fingerprint density at radius 1 is 0.639 bits per heavy atom. The minimum Gasteiger partial charge on any atom is -0.463 e. The van der Waals surface area contributed by atoms with E-state index in [1.165, 1.54) is 13.8 Å². The van der Waals surface area contributed by atoms with Crippen LogP contribution in [0.15, 0.2) is 24.3 Å². The van der Waals surface area contributed by atoms with Crippen molar-refractivity contribution in [1.82, 2.24) is 0 Å². The van der Waals surface area contributed by atoms with Crippen LogP contribution in [0.5, 0.6) is 0 Å². The van der Waals surface area contributed by atoms with Gasteiger partial charge in [-0.15, -0.1) is 0 Å². The first-order chi connectivity index (χ1) is 16.5. The molecule has 2 unspecified atom stereocenters. The predicted octanol–water partition coefficient (Wildman–Crippen LogP) is -2.04. The van der Waals surface area contributed by atoms with Crippen LogP contribution in [-0.2, 0) is 38.1 Å². The molecule has 0 aromatic heterocycles. The zero-order valence-electron chi connectivity index (χ0n) is 20.2. The number of Topliss-reactive ketones (excluding diaryl/α,β-unsaturated/α-hetero) is 2. The van der Waals surface area contributed by atoms with Crippen LogP contribution in [-0.4, -0.2) is 105 Å². The van der Waals surface area contributed by atoms with E-state index in [9.17, 15) is 49.8 Å². The smallest absolute Gasteiger partial charge is 0.311 e. The van der Waals surface area contributed by atoms with Gasteiger partial charge in [-0.25, -0.2) is 0 Å². The minimum absolute atomic E-state index is 0.0647. The molecule has 0 saturated carbocycles. The Labute approximate surface area is 207 Å². The molecule has 0 aliphatic heterocycles. The van der Waals surface area contributed by atoms with E-state index in [2.05, 4.69) is 13.2 Å². The lowest BCUT2D eigenvalue weighted by Crippen LogP contribution is -2.49. The van der Waals surface area contributed by atoms with Crippen LogP contribution in [0.1, 0.15) is 39.5 Å². The average molecular weight is 523 g/mol. The SMILES string of the molecule is C=C(C)C(=O)C(OCCOC(=O)CCCCC(=O)OCCOC(C(=O)C(=C)C)C(O)(O)O)C(O)(O)O. The van der Waals surface area contributed by atoms with Crippen LogP contribution < -0.4 is 0 Å². The van der Waals surface area contributed by atoms with E-state index < -0.39 is 60.9 Å². The number of aliphatic hydroxyl groups is 6. The lowest BCUT2D eigenvalue weighted by atomic mass is 10.1. The first-order valence-electron chi connectivity index (χ1n) is 10.8. The van der Waals surface area contributed by atoms with Crippen LogP contribution in [0.2, 0.25) is 0 Å². The third-order valence-electron chi connectivity index (χ3n) is 4.29. The maximum Gasteiger partial charge on any atom is 0.311 e. The number of carbonyl (C=O) groups is 4. The van der Waals surface area contributed by atoms with Crippen molar-refractivity contribution in [3.8, 4) is 0 Å². The zero-order valence-corrected chi connectivity index (χ0v) is 20.2. The van der Waals surface area contributed by atoms with E-state index in [4.69, 9.17) is 18.9 Å². The molecule has 0 aromatic carbocycles. The van der Waals surface area contributed by atoms with Gasteiger partial charge in [-0.05, 0) is 37.8 Å². The van der Waals surface area contributed by atoms with Gasteiger partial charge in [0.2, 0.25) is 12.2 Å². The molecule has 6 N–H and O–H groups in total. The molecule has 14 heteroatoms. The summed E-state index contributed by atoms with van der Waals surface area (Å²) in [4.78, 5) is 46.9. The van der Waals surface area contributed by atoms with Crippen molar-refractivity contribution in [1.29, 1.82) is 0 Å². The number of esters is 2. The maximum absolute atomic E-state index is 11.7. The van der Waals surface area contributed by atoms with Gasteiger partial charge in [0, 0.05) is 12.8 Å². The average Bonchev–Trinajstić information content (AvgIpc) is 2.73. The highest BCUT2D eigenvalue weighted by Crippen LogP contribution is 2.14. The Morgan fingerprint density at radius 3 is 1.19 bits per heavy atom. The molecule has 0 saturated heterocycles. The highest BCUT2D eigenvalue weighted by Gasteiger charge is 2.40. The van der Waals surface area contributed by atoms with Crippen molar-refractivity contribution in [2.75, 3.05) is 26.4 Å². The van der Waals surface area contributed by atoms with Crippen LogP contribution >= 0.6 is 0 Å². The Bertz CT molecular complexity index is 724. The summed E-state index contributed by atoms with van der Waals surface area (Å²) >= 11 is 0. The monoisotopic (exact) mass is 522 g/mol. The van der Waals surface area contributed by atoms with Gasteiger partial charge < -0.3 is 49.6 Å². The molecule has 0 heterocycles. The summed E-state index contributed by atoms with van der Waals surface area (Å²) in [5.41, 5.74) is -0.177. The number of hydrogen-bond acceptors (Lipinski definition) is 14. The molecule has 0 amide bonds. The number of ketones is 2. The second-order valence-corrected chi connectivity index (χ2v) is 7.81. The highest BCUT2D eigenvalue weighted by molar-refractivity contribution is 5.98. The molecule has 0 aliphatic rings. The van der Waals surface area contributed by atoms with E-state index >= 15 is 0 Å². The van der Waals surface area contributed by atoms with E-state index in [1.807, 2.05) is 0 Å². The molecule has 0 spiro atoms. The highest BCUT2D eigenvalue weighted by atomic mass is 16.7. The van der Waals surface area contributed by atoms with Gasteiger partial charge in [-0.2, -0.15) is 0 Å². The molecule has 14 nitrogen and oxygen atoms in total. The fourth-order valence-corrected chi connectivity index (χ4v) is 2.50. The van der Waals surface area contributed by atoms with Crippen molar-refractivity contribution in [2.24, 2.45) is 0 Å². The summed E-state index contributed by atoms with van der Waals surface area (Å²) < 4.78 is 19.4. The third-order valence-corrected chi connectivity index (χ3v) is 4.29. The first kappa shape index (κ1) is 33.4. The molecule has 0 rings (SSSR count). The van der Waals surface area contributed by atoms with Gasteiger partial charge in [-0.1, -0.05) is 13.2 Å². The van der Waals surface area contributed by atoms with Gasteiger partial charge >= 0.3 is 23.9 Å². The van der Waals surface area contributed by atoms with Crippen LogP contribution in [0.4, 0.5) is 0 Å². The van der Waals surface area contributed by atoms with Crippen LogP contribution in [0.25, 0.3) is 0 Å². The van der Waals surface area contributed by atoms with Gasteiger partial charge in [0.25, 0.3) is 0 Å². The summed E-state index contributed by atoms with van der Waals surface area (Å²) in [6.45, 7) is 7.67. The Hall–Kier alpha value is -2.56. The molecular formula is C22H34O14. The molecule has 0 fully saturated rings. The maximum atomic E-state index is 11.7. The van der Waals surface area contributed by atoms with Gasteiger partial charge in [-0.3, -0.25) is 19.2 Å². The summed E-state index contributed by atoms with van der Waals surface area (Å²) in [6.07, 6.45) is -3.67. The van der Waals surface area contributed by atoms with Gasteiger partial charge in [0.15, 0.2) is 11.6 Å². The standard InChI is InChI=1S/C22H34O14/c1-13(2)17(25)19(21(27,28)29)35-11-9-33-15(23)7-5-6-8-16(24)34-10-12-36-20(22(30,31)32)18(26)14(3)4/h19-20,27-32H,1,3,5-12H2,2,4H3. The van der Waals surface area contributed by atoms with E-state index in [0.717, 1.165) is 0 Å².